The molecule has 3 N–H and O–H groups in total. The third-order valence-electron chi connectivity index (χ3n) is 3.23. The Morgan fingerprint density at radius 1 is 1.04 bits per heavy atom. The Morgan fingerprint density at radius 3 is 2.25 bits per heavy atom. The Labute approximate surface area is 163 Å². The molecular weight excluding hydrogens is 435 g/mol. The van der Waals surface area contributed by atoms with Crippen LogP contribution in [0.15, 0.2) is 48.5 Å². The van der Waals surface area contributed by atoms with Gasteiger partial charge in [0.2, 0.25) is 0 Å². The zero-order valence-corrected chi connectivity index (χ0v) is 16.9. The van der Waals surface area contributed by atoms with Gasteiger partial charge in [-0.15, -0.1) is 35.7 Å². The maximum Gasteiger partial charge on any atom is 0.323 e. The largest absolute Gasteiger partial charge is 0.378 e. The van der Waals surface area contributed by atoms with Crippen LogP contribution >= 0.6 is 35.7 Å². The molecule has 2 amide bonds. The summed E-state index contributed by atoms with van der Waals surface area (Å²) in [6.45, 7) is 0. The maximum atomic E-state index is 12.1. The Morgan fingerprint density at radius 2 is 1.67 bits per heavy atom. The molecule has 2 aromatic rings. The lowest BCUT2D eigenvalue weighted by Crippen LogP contribution is -2.19. The second-order valence-electron chi connectivity index (χ2n) is 5.13. The maximum absolute atomic E-state index is 12.1. The molecule has 0 aliphatic rings. The highest BCUT2D eigenvalue weighted by molar-refractivity contribution is 14.0. The van der Waals surface area contributed by atoms with Crippen LogP contribution in [0.1, 0.15) is 5.56 Å². The van der Waals surface area contributed by atoms with E-state index in [0.29, 0.717) is 10.7 Å². The fourth-order valence-electron chi connectivity index (χ4n) is 1.99. The molecule has 0 fully saturated rings. The first-order valence-electron chi connectivity index (χ1n) is 7.08. The molecule has 0 saturated heterocycles. The van der Waals surface area contributed by atoms with E-state index in [-0.39, 0.29) is 30.0 Å². The minimum atomic E-state index is -0.310. The molecule has 0 unspecified atom stereocenters. The summed E-state index contributed by atoms with van der Waals surface area (Å²) in [6.07, 6.45) is 1.85. The fourth-order valence-corrected chi connectivity index (χ4v) is 2.36. The number of hydrogen-bond donors (Lipinski definition) is 3. The summed E-state index contributed by atoms with van der Waals surface area (Å²) in [7, 11) is 3.93. The van der Waals surface area contributed by atoms with Gasteiger partial charge in [0.1, 0.15) is 0 Å². The van der Waals surface area contributed by atoms with Crippen LogP contribution in [-0.4, -0.2) is 31.4 Å². The Bertz CT molecular complexity index is 704. The lowest BCUT2D eigenvalue weighted by Gasteiger charge is -2.13. The van der Waals surface area contributed by atoms with E-state index in [9.17, 15) is 4.79 Å². The zero-order chi connectivity index (χ0) is 16.8. The van der Waals surface area contributed by atoms with Crippen LogP contribution in [0.25, 0.3) is 0 Å². The van der Waals surface area contributed by atoms with Crippen molar-refractivity contribution < 1.29 is 4.79 Å². The summed E-state index contributed by atoms with van der Waals surface area (Å²) in [5.41, 5.74) is 3.23. The van der Waals surface area contributed by atoms with Crippen molar-refractivity contribution in [3.05, 3.63) is 54.1 Å². The van der Waals surface area contributed by atoms with Gasteiger partial charge in [-0.1, -0.05) is 12.1 Å². The van der Waals surface area contributed by atoms with E-state index in [0.717, 1.165) is 16.9 Å². The smallest absolute Gasteiger partial charge is 0.323 e. The van der Waals surface area contributed by atoms with Gasteiger partial charge < -0.3 is 15.5 Å². The van der Waals surface area contributed by atoms with E-state index < -0.39 is 0 Å². The van der Waals surface area contributed by atoms with Crippen molar-refractivity contribution in [3.63, 3.8) is 0 Å². The first-order chi connectivity index (χ1) is 11.0. The van der Waals surface area contributed by atoms with Crippen molar-refractivity contribution in [2.45, 2.75) is 0 Å². The lowest BCUT2D eigenvalue weighted by molar-refractivity contribution is 0.262. The van der Waals surface area contributed by atoms with Gasteiger partial charge in [0.05, 0.1) is 5.04 Å². The van der Waals surface area contributed by atoms with E-state index in [2.05, 4.69) is 10.6 Å². The number of urea groups is 1. The number of nitrogens with one attached hydrogen (secondary N) is 3. The van der Waals surface area contributed by atoms with Crippen LogP contribution in [0.2, 0.25) is 0 Å². The lowest BCUT2D eigenvalue weighted by atomic mass is 10.2. The first kappa shape index (κ1) is 20.3. The topological polar surface area (TPSA) is 68.2 Å². The van der Waals surface area contributed by atoms with Gasteiger partial charge >= 0.3 is 6.03 Å². The average Bonchev–Trinajstić information content (AvgIpc) is 2.54. The van der Waals surface area contributed by atoms with Crippen LogP contribution < -0.4 is 15.5 Å². The molecule has 0 saturated carbocycles. The van der Waals surface area contributed by atoms with Crippen LogP contribution in [0.4, 0.5) is 21.9 Å². The van der Waals surface area contributed by atoms with Crippen LogP contribution in [-0.2, 0) is 0 Å². The number of anilines is 3. The van der Waals surface area contributed by atoms with Crippen LogP contribution in [0.5, 0.6) is 0 Å². The van der Waals surface area contributed by atoms with Crippen LogP contribution in [0.3, 0.4) is 0 Å². The van der Waals surface area contributed by atoms with E-state index in [1.807, 2.05) is 61.6 Å². The van der Waals surface area contributed by atoms with Gasteiger partial charge in [-0.2, -0.15) is 0 Å². The molecule has 2 rings (SSSR count). The van der Waals surface area contributed by atoms with Crippen molar-refractivity contribution in [1.29, 1.82) is 5.41 Å². The Hall–Kier alpha value is -1.74. The molecule has 0 aromatic heterocycles. The number of hydrogen-bond acceptors (Lipinski definition) is 4. The quantitative estimate of drug-likeness (QED) is 0.355. The highest BCUT2D eigenvalue weighted by atomic mass is 127. The molecule has 0 spiro atoms. The van der Waals surface area contributed by atoms with E-state index in [1.54, 1.807) is 12.1 Å². The zero-order valence-electron chi connectivity index (χ0n) is 13.8. The molecule has 0 atom stereocenters. The van der Waals surface area contributed by atoms with Crippen molar-refractivity contribution in [3.8, 4) is 0 Å². The summed E-state index contributed by atoms with van der Waals surface area (Å²) in [5.74, 6) is 0. The molecule has 0 heterocycles. The van der Waals surface area contributed by atoms with Gasteiger partial charge in [0, 0.05) is 36.7 Å². The van der Waals surface area contributed by atoms with Crippen molar-refractivity contribution in [2.24, 2.45) is 0 Å². The summed E-state index contributed by atoms with van der Waals surface area (Å²) in [6, 6.07) is 14.5. The molecule has 128 valence electrons. The van der Waals surface area contributed by atoms with Gasteiger partial charge in [-0.25, -0.2) is 4.79 Å². The predicted octanol–water partition coefficient (Wildman–Crippen LogP) is 4.70. The first-order valence-corrected chi connectivity index (χ1v) is 8.30. The Balaban J connectivity index is 0.00000288. The van der Waals surface area contributed by atoms with Gasteiger partial charge in [0.15, 0.2) is 0 Å². The van der Waals surface area contributed by atoms with Crippen molar-refractivity contribution in [1.82, 2.24) is 0 Å². The summed E-state index contributed by atoms with van der Waals surface area (Å²) in [4.78, 5) is 14.1. The van der Waals surface area contributed by atoms with Gasteiger partial charge in [-0.05, 0) is 42.7 Å². The molecule has 24 heavy (non-hydrogen) atoms. The number of benzene rings is 2. The SMILES string of the molecule is CSC(=N)c1cccc(NC(=O)Nc2ccc(N(C)C)cc2)c1.I. The molecule has 7 heteroatoms. The third kappa shape index (κ3) is 5.72. The minimum absolute atomic E-state index is 0. The molecule has 0 aliphatic carbocycles. The minimum Gasteiger partial charge on any atom is -0.378 e. The number of rotatable bonds is 4. The van der Waals surface area contributed by atoms with Gasteiger partial charge in [0.25, 0.3) is 0 Å². The number of amides is 2. The third-order valence-corrected chi connectivity index (χ3v) is 3.87. The summed E-state index contributed by atoms with van der Waals surface area (Å²) < 4.78 is 0. The number of thioether (sulfide) groups is 1. The van der Waals surface area contributed by atoms with E-state index in [4.69, 9.17) is 5.41 Å². The van der Waals surface area contributed by atoms with Crippen molar-refractivity contribution >= 4 is 63.9 Å². The average molecular weight is 456 g/mol. The normalized spacial score (nSPS) is 9.62. The summed E-state index contributed by atoms with van der Waals surface area (Å²) in [5, 5.41) is 13.9. The molecule has 2 aromatic carbocycles. The monoisotopic (exact) mass is 456 g/mol. The summed E-state index contributed by atoms with van der Waals surface area (Å²) >= 11 is 1.36. The molecule has 0 aliphatic heterocycles. The Kier molecular flexibility index (Phi) is 8.06. The van der Waals surface area contributed by atoms with E-state index >= 15 is 0 Å². The number of halogens is 1. The second kappa shape index (κ2) is 9.53. The highest BCUT2D eigenvalue weighted by Crippen LogP contribution is 2.17. The van der Waals surface area contributed by atoms with Crippen molar-refractivity contribution in [2.75, 3.05) is 35.9 Å². The second-order valence-corrected chi connectivity index (χ2v) is 5.95. The molecule has 5 nitrogen and oxygen atoms in total. The molecule has 0 radical (unpaired) electrons. The molecule has 0 bridgehead atoms. The fraction of sp³-hybridized carbons (Fsp3) is 0.176. The standard InChI is InChI=1S/C17H20N4OS.HI/c1-21(2)15-9-7-13(8-10-15)19-17(22)20-14-6-4-5-12(11-14)16(18)23-3;/h4-11,18H,1-3H3,(H2,19,20,22);1H. The molecular formula is C17H21IN4OS. The highest BCUT2D eigenvalue weighted by Gasteiger charge is 2.05. The van der Waals surface area contributed by atoms with E-state index in [1.165, 1.54) is 11.8 Å². The van der Waals surface area contributed by atoms with Gasteiger partial charge in [-0.3, -0.25) is 5.41 Å². The predicted molar refractivity (Wildman–Crippen MR) is 116 cm³/mol. The number of nitrogens with zero attached hydrogens (tertiary/aromatic N) is 1. The van der Waals surface area contributed by atoms with Crippen LogP contribution in [0, 0.1) is 5.41 Å². The number of carbonyl (C=O) groups excluding carboxylic acids is 1. The number of carbonyl (C=O) groups is 1.